The van der Waals surface area contributed by atoms with Crippen LogP contribution in [0.15, 0.2) is 89.4 Å². The summed E-state index contributed by atoms with van der Waals surface area (Å²) in [5.74, 6) is -0.650. The van der Waals surface area contributed by atoms with E-state index in [4.69, 9.17) is 4.74 Å². The van der Waals surface area contributed by atoms with Crippen LogP contribution in [0.1, 0.15) is 64.8 Å². The number of amides is 4. The molecule has 2 aromatic heterocycles. The van der Waals surface area contributed by atoms with Gasteiger partial charge in [0.2, 0.25) is 39.6 Å². The highest BCUT2D eigenvalue weighted by molar-refractivity contribution is 7.89. The van der Waals surface area contributed by atoms with E-state index in [-0.39, 0.29) is 62.5 Å². The Labute approximate surface area is 443 Å². The van der Waals surface area contributed by atoms with E-state index in [9.17, 15) is 32.7 Å². The number of aliphatic hydroxyl groups is 1. The van der Waals surface area contributed by atoms with Gasteiger partial charge in [-0.25, -0.2) is 23.1 Å². The second-order valence-electron chi connectivity index (χ2n) is 21.0. The van der Waals surface area contributed by atoms with Gasteiger partial charge >= 0.3 is 0 Å². The first-order valence-corrected chi connectivity index (χ1v) is 27.4. The Kier molecular flexibility index (Phi) is 18.3. The Morgan fingerprint density at radius 3 is 2.25 bits per heavy atom. The first-order valence-electron chi connectivity index (χ1n) is 25.0. The quantitative estimate of drug-likeness (QED) is 0.0515. The summed E-state index contributed by atoms with van der Waals surface area (Å²) in [7, 11) is -3.73. The van der Waals surface area contributed by atoms with Crippen molar-refractivity contribution in [2.75, 3.05) is 74.6 Å². The third-order valence-corrected chi connectivity index (χ3v) is 15.3. The van der Waals surface area contributed by atoms with E-state index in [1.165, 1.54) is 4.90 Å². The summed E-state index contributed by atoms with van der Waals surface area (Å²) in [5.41, 5.74) is 6.48. The summed E-state index contributed by atoms with van der Waals surface area (Å²) in [6.45, 7) is 17.8. The predicted octanol–water partition coefficient (Wildman–Crippen LogP) is 4.84. The van der Waals surface area contributed by atoms with Crippen LogP contribution in [0.2, 0.25) is 0 Å². The van der Waals surface area contributed by atoms with Crippen LogP contribution >= 0.6 is 11.3 Å². The number of hydrogen-bond acceptors (Lipinski definition) is 16. The number of piperazine rings is 1. The van der Waals surface area contributed by atoms with Crippen molar-refractivity contribution in [3.63, 3.8) is 0 Å². The molecular weight excluding hydrogens is 997 g/mol. The number of rotatable bonds is 20. The Morgan fingerprint density at radius 2 is 1.59 bits per heavy atom. The van der Waals surface area contributed by atoms with Crippen molar-refractivity contribution in [3.05, 3.63) is 101 Å². The van der Waals surface area contributed by atoms with Crippen LogP contribution in [0.3, 0.4) is 0 Å². The number of nitrogens with one attached hydrogen (secondary N) is 6. The molecule has 20 nitrogen and oxygen atoms in total. The molecule has 7 N–H and O–H groups in total. The molecular formula is C53H70N12O8S2. The van der Waals surface area contributed by atoms with Gasteiger partial charge in [-0.3, -0.25) is 24.1 Å². The Hall–Kier alpha value is -6.56. The zero-order chi connectivity index (χ0) is 54.1. The van der Waals surface area contributed by atoms with Crippen molar-refractivity contribution in [3.8, 4) is 10.4 Å². The van der Waals surface area contributed by atoms with Gasteiger partial charge in [0.15, 0.2) is 0 Å². The number of β-amino-alcohol motifs (C(OH)–C–C–N with tert-alkyl or cyclic N) is 1. The molecule has 0 spiro atoms. The minimum absolute atomic E-state index is 0.0389. The zero-order valence-electron chi connectivity index (χ0n) is 43.9. The SMILES string of the molecule is Cc1cnc(Nc2ccc(N3CCN(CC(=O)NCCOCC(=O)NC(C(=O)N4C[C@H](O)C[C@H]4C(=O)NCc4ccc(-c5scnc5C)cc4)C(C)(C)C)CC3)cc2)nc1Nc1cccc(S(=O)(=O)NC(C)(C)C)c1. The number of carbonyl (C=O) groups excluding carboxylic acids is 4. The molecule has 1 unspecified atom stereocenters. The standard InChI is InChI=1S/C53H70N12O8S2/c1-34-28-56-51(61-48(34)58-39-10-9-11-42(26-39)75(71,72)62-53(6,7)8)59-38-16-18-40(19-17-38)64-23-21-63(22-24-64)31-44(67)54-20-25-73-32-45(68)60-47(52(3,4)5)50(70)65-30-41(66)27-43(65)49(69)55-29-36-12-14-37(15-13-36)46-35(2)57-33-74-46/h9-19,26,28,33,41,43,47,62,66H,20-25,27,29-32H2,1-8H3,(H,54,67)(H,55,69)(H,60,68)(H2,56,58,59,61)/t41-,43+,47?/m1/s1. The van der Waals surface area contributed by atoms with Gasteiger partial charge in [0.1, 0.15) is 24.5 Å². The number of hydrogen-bond donors (Lipinski definition) is 7. The predicted molar refractivity (Wildman–Crippen MR) is 290 cm³/mol. The molecule has 402 valence electrons. The molecule has 5 aromatic rings. The number of benzene rings is 3. The molecule has 22 heteroatoms. The largest absolute Gasteiger partial charge is 0.391 e. The number of aromatic nitrogens is 3. The van der Waals surface area contributed by atoms with E-state index in [1.807, 2.05) is 83.1 Å². The lowest BCUT2D eigenvalue weighted by molar-refractivity contribution is -0.144. The molecule has 0 saturated carbocycles. The second kappa shape index (κ2) is 24.4. The lowest BCUT2D eigenvalue weighted by atomic mass is 9.85. The number of thiazole rings is 1. The van der Waals surface area contributed by atoms with E-state index < -0.39 is 51.0 Å². The topological polar surface area (TPSA) is 252 Å². The minimum atomic E-state index is -3.73. The number of anilines is 5. The van der Waals surface area contributed by atoms with Gasteiger partial charge in [-0.2, -0.15) is 4.98 Å². The second-order valence-corrected chi connectivity index (χ2v) is 23.6. The maximum Gasteiger partial charge on any atom is 0.246 e. The van der Waals surface area contributed by atoms with Gasteiger partial charge in [-0.05, 0) is 93.6 Å². The monoisotopic (exact) mass is 1070 g/mol. The van der Waals surface area contributed by atoms with Crippen molar-refractivity contribution in [2.45, 2.75) is 97.0 Å². The summed E-state index contributed by atoms with van der Waals surface area (Å²) in [4.78, 5) is 73.8. The normalized spacial score (nSPS) is 16.8. The fraction of sp³-hybridized carbons (Fsp3) is 0.453. The maximum absolute atomic E-state index is 14.0. The lowest BCUT2D eigenvalue weighted by Gasteiger charge is -2.35. The van der Waals surface area contributed by atoms with Crippen LogP contribution in [-0.2, 0) is 40.5 Å². The third-order valence-electron chi connectivity index (χ3n) is 12.6. The molecule has 7 rings (SSSR count). The van der Waals surface area contributed by atoms with E-state index >= 15 is 0 Å². The average Bonchev–Trinajstić information content (AvgIpc) is 3.98. The smallest absolute Gasteiger partial charge is 0.246 e. The first-order chi connectivity index (χ1) is 35.5. The molecule has 2 aliphatic rings. The van der Waals surface area contributed by atoms with E-state index in [1.54, 1.807) is 68.1 Å². The number of nitrogens with zero attached hydrogens (tertiary/aromatic N) is 6. The molecule has 2 aliphatic heterocycles. The van der Waals surface area contributed by atoms with Gasteiger partial charge in [0, 0.05) is 86.6 Å². The van der Waals surface area contributed by atoms with Crippen LogP contribution in [0, 0.1) is 19.3 Å². The molecule has 3 aromatic carbocycles. The summed E-state index contributed by atoms with van der Waals surface area (Å²) in [6.07, 6.45) is 0.873. The number of sulfonamides is 1. The number of ether oxygens (including phenoxy) is 1. The zero-order valence-corrected chi connectivity index (χ0v) is 45.5. The van der Waals surface area contributed by atoms with Crippen LogP contribution < -0.4 is 36.2 Å². The highest BCUT2D eigenvalue weighted by atomic mass is 32.2. The van der Waals surface area contributed by atoms with Crippen molar-refractivity contribution in [1.29, 1.82) is 0 Å². The summed E-state index contributed by atoms with van der Waals surface area (Å²) < 4.78 is 34.1. The average molecular weight is 1070 g/mol. The molecule has 3 atom stereocenters. The van der Waals surface area contributed by atoms with Gasteiger partial charge in [-0.1, -0.05) is 51.1 Å². The highest BCUT2D eigenvalue weighted by Gasteiger charge is 2.44. The molecule has 2 saturated heterocycles. The summed E-state index contributed by atoms with van der Waals surface area (Å²) >= 11 is 1.56. The van der Waals surface area contributed by atoms with E-state index in [0.29, 0.717) is 30.5 Å². The third kappa shape index (κ3) is 15.7. The summed E-state index contributed by atoms with van der Waals surface area (Å²) in [6, 6.07) is 20.4. The van der Waals surface area contributed by atoms with Crippen LogP contribution in [0.4, 0.5) is 28.8 Å². The van der Waals surface area contributed by atoms with Gasteiger partial charge in [0.25, 0.3) is 0 Å². The van der Waals surface area contributed by atoms with Gasteiger partial charge in [0.05, 0.1) is 40.2 Å². The fourth-order valence-electron chi connectivity index (χ4n) is 8.69. The number of carbonyl (C=O) groups is 4. The van der Waals surface area contributed by atoms with Crippen LogP contribution in [-0.4, -0.2) is 145 Å². The molecule has 0 aliphatic carbocycles. The molecule has 2 fully saturated rings. The summed E-state index contributed by atoms with van der Waals surface area (Å²) in [5, 5.41) is 25.6. The van der Waals surface area contributed by atoms with Gasteiger partial charge in [-0.15, -0.1) is 11.3 Å². The number of likely N-dealkylation sites (tertiary alicyclic amines) is 1. The Balaban J connectivity index is 0.798. The lowest BCUT2D eigenvalue weighted by Crippen LogP contribution is -2.58. The first kappa shape index (κ1) is 56.2. The number of aliphatic hydroxyl groups excluding tert-OH is 1. The van der Waals surface area contributed by atoms with Crippen molar-refractivity contribution >= 4 is 73.8 Å². The highest BCUT2D eigenvalue weighted by Crippen LogP contribution is 2.30. The number of aryl methyl sites for hydroxylation is 2. The fourth-order valence-corrected chi connectivity index (χ4v) is 11.0. The Bertz CT molecular complexity index is 2900. The molecule has 75 heavy (non-hydrogen) atoms. The van der Waals surface area contributed by atoms with E-state index in [0.717, 1.165) is 51.7 Å². The van der Waals surface area contributed by atoms with Crippen LogP contribution in [0.25, 0.3) is 10.4 Å². The Morgan fingerprint density at radius 1 is 0.867 bits per heavy atom. The van der Waals surface area contributed by atoms with E-state index in [2.05, 4.69) is 56.1 Å². The van der Waals surface area contributed by atoms with Crippen molar-refractivity contribution in [1.82, 2.24) is 45.4 Å². The van der Waals surface area contributed by atoms with Gasteiger partial charge < -0.3 is 46.2 Å². The molecule has 0 radical (unpaired) electrons. The van der Waals surface area contributed by atoms with Crippen molar-refractivity contribution < 1.29 is 37.4 Å². The molecule has 4 heterocycles. The van der Waals surface area contributed by atoms with Crippen molar-refractivity contribution in [2.24, 2.45) is 5.41 Å². The minimum Gasteiger partial charge on any atom is -0.391 e. The maximum atomic E-state index is 14.0. The molecule has 4 amide bonds. The molecule has 0 bridgehead atoms. The van der Waals surface area contributed by atoms with Crippen LogP contribution in [0.5, 0.6) is 0 Å².